The summed E-state index contributed by atoms with van der Waals surface area (Å²) in [6, 6.07) is 1.80. The highest BCUT2D eigenvalue weighted by Gasteiger charge is 2.40. The minimum absolute atomic E-state index is 0.135. The lowest BCUT2D eigenvalue weighted by Gasteiger charge is -2.38. The molecule has 0 radical (unpaired) electrons. The number of rotatable bonds is 12. The summed E-state index contributed by atoms with van der Waals surface area (Å²) >= 11 is 0. The fourth-order valence-electron chi connectivity index (χ4n) is 4.57. The molecule has 1 aliphatic heterocycles. The first-order chi connectivity index (χ1) is 16.6. The fraction of sp³-hybridized carbons (Fsp3) is 0.680. The molecule has 0 spiro atoms. The molecule has 0 bridgehead atoms. The molecule has 1 heterocycles. The first-order valence-corrected chi connectivity index (χ1v) is 12.3. The van der Waals surface area contributed by atoms with E-state index in [4.69, 9.17) is 4.74 Å². The molecule has 1 atom stereocenters. The lowest BCUT2D eigenvalue weighted by molar-refractivity contribution is -0.138. The third-order valence-electron chi connectivity index (χ3n) is 6.39. The Balaban J connectivity index is 2.62. The molecule has 2 rings (SSSR count). The van der Waals surface area contributed by atoms with Crippen LogP contribution in [0.15, 0.2) is 12.1 Å². The second-order valence-electron chi connectivity index (χ2n) is 9.20. The zero-order valence-electron chi connectivity index (χ0n) is 21.5. The van der Waals surface area contributed by atoms with Gasteiger partial charge in [-0.05, 0) is 65.1 Å². The number of piperidine rings is 1. The number of carbonyl (C=O) groups excluding carboxylic acids is 2. The van der Waals surface area contributed by atoms with E-state index in [0.29, 0.717) is 31.8 Å². The van der Waals surface area contributed by atoms with E-state index in [9.17, 15) is 22.8 Å². The number of carbonyl (C=O) groups is 2. The first-order valence-electron chi connectivity index (χ1n) is 12.3. The van der Waals surface area contributed by atoms with E-state index in [1.54, 1.807) is 30.9 Å². The maximum Gasteiger partial charge on any atom is 0.417 e. The van der Waals surface area contributed by atoms with Gasteiger partial charge in [0.2, 0.25) is 6.41 Å². The van der Waals surface area contributed by atoms with Crippen LogP contribution in [0.2, 0.25) is 0 Å². The third-order valence-corrected chi connectivity index (χ3v) is 6.39. The Labute approximate surface area is 206 Å². The van der Waals surface area contributed by atoms with Crippen LogP contribution in [0.1, 0.15) is 62.4 Å². The highest BCUT2D eigenvalue weighted by molar-refractivity contribution is 5.99. The second kappa shape index (κ2) is 13.1. The summed E-state index contributed by atoms with van der Waals surface area (Å²) < 4.78 is 47.9. The van der Waals surface area contributed by atoms with Crippen molar-refractivity contribution in [2.24, 2.45) is 0 Å². The number of benzene rings is 1. The average molecular weight is 501 g/mol. The lowest BCUT2D eigenvalue weighted by atomic mass is 9.98. The standard InChI is InChI=1S/C25H39F3N4O3/c1-6-31(17-33)23-15-21(25(26,27)28)20(14-22(23)30(4)12-7-8-13-35-5)24(34)32(18(2)3)19-10-9-11-29-16-19/h14-15,17-19,29H,6-13,16H2,1-5H3/t19-/m1/s1. The van der Waals surface area contributed by atoms with Crippen molar-refractivity contribution in [2.45, 2.75) is 64.7 Å². The number of nitrogens with zero attached hydrogens (tertiary/aromatic N) is 3. The summed E-state index contributed by atoms with van der Waals surface area (Å²) in [5.74, 6) is -0.643. The van der Waals surface area contributed by atoms with Crippen molar-refractivity contribution in [3.63, 3.8) is 0 Å². The minimum Gasteiger partial charge on any atom is -0.385 e. The van der Waals surface area contributed by atoms with E-state index >= 15 is 0 Å². The van der Waals surface area contributed by atoms with Gasteiger partial charge in [0.05, 0.1) is 22.5 Å². The van der Waals surface area contributed by atoms with Crippen molar-refractivity contribution in [1.82, 2.24) is 10.2 Å². The maximum atomic E-state index is 14.3. The van der Waals surface area contributed by atoms with Gasteiger partial charge >= 0.3 is 6.18 Å². The van der Waals surface area contributed by atoms with Crippen LogP contribution in [0, 0.1) is 0 Å². The van der Waals surface area contributed by atoms with Crippen LogP contribution in [0.3, 0.4) is 0 Å². The molecular weight excluding hydrogens is 461 g/mol. The summed E-state index contributed by atoms with van der Waals surface area (Å²) in [5, 5.41) is 3.24. The van der Waals surface area contributed by atoms with Crippen LogP contribution in [0.5, 0.6) is 0 Å². The van der Waals surface area contributed by atoms with E-state index in [0.717, 1.165) is 38.3 Å². The van der Waals surface area contributed by atoms with E-state index in [1.807, 2.05) is 13.8 Å². The summed E-state index contributed by atoms with van der Waals surface area (Å²) in [5.41, 5.74) is -0.862. The molecule has 0 aromatic heterocycles. The monoisotopic (exact) mass is 500 g/mol. The van der Waals surface area contributed by atoms with Gasteiger partial charge in [0, 0.05) is 52.5 Å². The number of hydrogen-bond acceptors (Lipinski definition) is 5. The van der Waals surface area contributed by atoms with Gasteiger partial charge in [-0.15, -0.1) is 0 Å². The largest absolute Gasteiger partial charge is 0.417 e. The minimum atomic E-state index is -4.76. The van der Waals surface area contributed by atoms with Gasteiger partial charge in [0.15, 0.2) is 0 Å². The number of alkyl halides is 3. The van der Waals surface area contributed by atoms with Crippen molar-refractivity contribution in [2.75, 3.05) is 56.7 Å². The SMILES string of the molecule is CCN(C=O)c1cc(C(F)(F)F)c(C(=O)N(C(C)C)[C@@H]2CCCNC2)cc1N(C)CCCCOC. The first kappa shape index (κ1) is 28.9. The molecule has 35 heavy (non-hydrogen) atoms. The lowest BCUT2D eigenvalue weighted by Crippen LogP contribution is -2.52. The third kappa shape index (κ3) is 7.33. The topological polar surface area (TPSA) is 65.1 Å². The summed E-state index contributed by atoms with van der Waals surface area (Å²) in [6.45, 7) is 8.02. The number of methoxy groups -OCH3 is 1. The van der Waals surface area contributed by atoms with E-state index < -0.39 is 17.6 Å². The molecule has 10 heteroatoms. The molecule has 1 saturated heterocycles. The predicted molar refractivity (Wildman–Crippen MR) is 132 cm³/mol. The molecule has 0 saturated carbocycles. The van der Waals surface area contributed by atoms with Crippen LogP contribution in [-0.2, 0) is 15.7 Å². The van der Waals surface area contributed by atoms with Crippen molar-refractivity contribution in [1.29, 1.82) is 0 Å². The van der Waals surface area contributed by atoms with Gasteiger partial charge < -0.3 is 24.8 Å². The average Bonchev–Trinajstić information content (AvgIpc) is 2.82. The number of halogens is 3. The smallest absolute Gasteiger partial charge is 0.385 e. The Hall–Kier alpha value is -2.33. The summed E-state index contributed by atoms with van der Waals surface area (Å²) in [6.07, 6.45) is -1.13. The molecule has 1 fully saturated rings. The predicted octanol–water partition coefficient (Wildman–Crippen LogP) is 4.15. The number of amides is 2. The molecule has 198 valence electrons. The molecular formula is C25H39F3N4O3. The Morgan fingerprint density at radius 1 is 1.26 bits per heavy atom. The Bertz CT molecular complexity index is 842. The number of nitrogens with one attached hydrogen (secondary N) is 1. The van der Waals surface area contributed by atoms with E-state index in [-0.39, 0.29) is 29.9 Å². The molecule has 0 aliphatic carbocycles. The van der Waals surface area contributed by atoms with Gasteiger partial charge in [-0.2, -0.15) is 13.2 Å². The van der Waals surface area contributed by atoms with Crippen LogP contribution >= 0.6 is 0 Å². The number of unbranched alkanes of at least 4 members (excludes halogenated alkanes) is 1. The summed E-state index contributed by atoms with van der Waals surface area (Å²) in [7, 11) is 3.37. The molecule has 1 aliphatic rings. The number of anilines is 2. The quantitative estimate of drug-likeness (QED) is 0.345. The highest BCUT2D eigenvalue weighted by atomic mass is 19.4. The number of hydrogen-bond donors (Lipinski definition) is 1. The second-order valence-corrected chi connectivity index (χ2v) is 9.20. The zero-order valence-corrected chi connectivity index (χ0v) is 21.5. The summed E-state index contributed by atoms with van der Waals surface area (Å²) in [4.78, 5) is 30.0. The van der Waals surface area contributed by atoms with Crippen LogP contribution < -0.4 is 15.1 Å². The van der Waals surface area contributed by atoms with E-state index in [1.165, 1.54) is 11.0 Å². The van der Waals surface area contributed by atoms with Gasteiger partial charge in [-0.1, -0.05) is 0 Å². The Morgan fingerprint density at radius 2 is 1.97 bits per heavy atom. The van der Waals surface area contributed by atoms with E-state index in [2.05, 4.69) is 5.32 Å². The number of ether oxygens (including phenoxy) is 1. The van der Waals surface area contributed by atoms with Crippen LogP contribution in [0.4, 0.5) is 24.5 Å². The fourth-order valence-corrected chi connectivity index (χ4v) is 4.57. The van der Waals surface area contributed by atoms with Gasteiger partial charge in [0.25, 0.3) is 5.91 Å². The Kier molecular flexibility index (Phi) is 10.8. The molecule has 2 amide bonds. The molecule has 7 nitrogen and oxygen atoms in total. The molecule has 1 aromatic rings. The van der Waals surface area contributed by atoms with Crippen molar-refractivity contribution in [3.8, 4) is 0 Å². The molecule has 1 N–H and O–H groups in total. The zero-order chi connectivity index (χ0) is 26.2. The van der Waals surface area contributed by atoms with Crippen LogP contribution in [-0.4, -0.2) is 76.2 Å². The molecule has 0 unspecified atom stereocenters. The highest BCUT2D eigenvalue weighted by Crippen LogP contribution is 2.40. The molecule has 1 aromatic carbocycles. The normalized spacial score (nSPS) is 16.3. The van der Waals surface area contributed by atoms with Crippen molar-refractivity contribution < 1.29 is 27.5 Å². The van der Waals surface area contributed by atoms with Crippen LogP contribution in [0.25, 0.3) is 0 Å². The van der Waals surface area contributed by atoms with Gasteiger partial charge in [0.1, 0.15) is 0 Å². The van der Waals surface area contributed by atoms with Gasteiger partial charge in [-0.3, -0.25) is 9.59 Å². The van der Waals surface area contributed by atoms with Crippen molar-refractivity contribution in [3.05, 3.63) is 23.3 Å². The van der Waals surface area contributed by atoms with Crippen molar-refractivity contribution >= 4 is 23.7 Å². The maximum absolute atomic E-state index is 14.3. The Morgan fingerprint density at radius 3 is 2.49 bits per heavy atom. The van der Waals surface area contributed by atoms with Gasteiger partial charge in [-0.25, -0.2) is 0 Å².